The van der Waals surface area contributed by atoms with E-state index in [1.54, 1.807) is 6.92 Å². The van der Waals surface area contributed by atoms with E-state index in [4.69, 9.17) is 17.0 Å². The summed E-state index contributed by atoms with van der Waals surface area (Å²) in [7, 11) is 0. The molecule has 1 heterocycles. The minimum Gasteiger partial charge on any atom is -0.466 e. The highest BCUT2D eigenvalue weighted by Gasteiger charge is 2.32. The average molecular weight is 321 g/mol. The van der Waals surface area contributed by atoms with Gasteiger partial charge in [-0.05, 0) is 18.6 Å². The Hall–Kier alpha value is -1.66. The molecule has 1 amide bonds. The first-order valence-electron chi connectivity index (χ1n) is 6.58. The Kier molecular flexibility index (Phi) is 5.52. The van der Waals surface area contributed by atoms with Gasteiger partial charge in [0.05, 0.1) is 17.9 Å². The number of nitrogens with zero attached hydrogens (tertiary/aromatic N) is 1. The van der Waals surface area contributed by atoms with Crippen LogP contribution in [-0.2, 0) is 14.3 Å². The molecule has 1 saturated heterocycles. The first kappa shape index (κ1) is 15.7. The maximum absolute atomic E-state index is 12.3. The summed E-state index contributed by atoms with van der Waals surface area (Å²) < 4.78 is 5.33. The molecule has 1 aromatic carbocycles. The molecule has 1 aliphatic heterocycles. The summed E-state index contributed by atoms with van der Waals surface area (Å²) in [6.45, 7) is 2.35. The van der Waals surface area contributed by atoms with E-state index < -0.39 is 0 Å². The third-order valence-corrected chi connectivity index (χ3v) is 4.19. The van der Waals surface area contributed by atoms with E-state index in [0.29, 0.717) is 15.8 Å². The monoisotopic (exact) mass is 321 g/mol. The number of hydrogen-bond acceptors (Lipinski definition) is 5. The van der Waals surface area contributed by atoms with E-state index in [9.17, 15) is 9.59 Å². The number of esters is 1. The van der Waals surface area contributed by atoms with Crippen LogP contribution in [0, 0.1) is 0 Å². The summed E-state index contributed by atoms with van der Waals surface area (Å²) in [5.41, 5.74) is 0.948. The van der Waals surface area contributed by atoms with Gasteiger partial charge in [-0.2, -0.15) is 0 Å². The first-order chi connectivity index (χ1) is 10.1. The lowest BCUT2D eigenvalue weighted by Gasteiger charge is -2.13. The van der Waals surface area contributed by atoms with E-state index in [2.05, 4.69) is 0 Å². The van der Waals surface area contributed by atoms with Crippen LogP contribution in [0.2, 0.25) is 0 Å². The molecule has 0 spiro atoms. The summed E-state index contributed by atoms with van der Waals surface area (Å²) in [5, 5.41) is 0. The number of thioether (sulfide) groups is 1. The molecule has 6 heteroatoms. The molecule has 0 bridgehead atoms. The Bertz CT molecular complexity index is 584. The van der Waals surface area contributed by atoms with Crippen LogP contribution >= 0.6 is 24.0 Å². The van der Waals surface area contributed by atoms with Gasteiger partial charge in [0.2, 0.25) is 0 Å². The lowest BCUT2D eigenvalue weighted by atomic mass is 10.2. The fraction of sp³-hybridized carbons (Fsp3) is 0.267. The second kappa shape index (κ2) is 7.38. The molecule has 4 nitrogen and oxygen atoms in total. The first-order valence-corrected chi connectivity index (χ1v) is 7.80. The second-order valence-corrected chi connectivity index (χ2v) is 5.97. The molecule has 0 radical (unpaired) electrons. The van der Waals surface area contributed by atoms with Crippen LogP contribution in [0.4, 0.5) is 0 Å². The van der Waals surface area contributed by atoms with Crippen molar-refractivity contribution in [3.8, 4) is 0 Å². The molecule has 110 valence electrons. The largest absolute Gasteiger partial charge is 0.466 e. The fourth-order valence-electron chi connectivity index (χ4n) is 1.83. The zero-order chi connectivity index (χ0) is 15.2. The van der Waals surface area contributed by atoms with Gasteiger partial charge < -0.3 is 4.74 Å². The Morgan fingerprint density at radius 3 is 2.76 bits per heavy atom. The van der Waals surface area contributed by atoms with E-state index in [0.717, 1.165) is 5.56 Å². The number of carbonyl (C=O) groups is 2. The van der Waals surface area contributed by atoms with Crippen LogP contribution in [0.25, 0.3) is 6.08 Å². The number of hydrogen-bond donors (Lipinski definition) is 0. The van der Waals surface area contributed by atoms with Crippen molar-refractivity contribution in [3.05, 3.63) is 40.8 Å². The van der Waals surface area contributed by atoms with Gasteiger partial charge in [0.25, 0.3) is 5.91 Å². The van der Waals surface area contributed by atoms with E-state index in [1.807, 2.05) is 36.4 Å². The van der Waals surface area contributed by atoms with Gasteiger partial charge in [0.15, 0.2) is 0 Å². The van der Waals surface area contributed by atoms with Crippen molar-refractivity contribution in [3.63, 3.8) is 0 Å². The molecule has 21 heavy (non-hydrogen) atoms. The molecule has 0 aromatic heterocycles. The maximum Gasteiger partial charge on any atom is 0.307 e. The quantitative estimate of drug-likeness (QED) is 0.474. The lowest BCUT2D eigenvalue weighted by Crippen LogP contribution is -2.30. The Morgan fingerprint density at radius 1 is 1.38 bits per heavy atom. The molecule has 0 aliphatic carbocycles. The van der Waals surface area contributed by atoms with Crippen molar-refractivity contribution in [1.29, 1.82) is 0 Å². The predicted molar refractivity (Wildman–Crippen MR) is 87.6 cm³/mol. The van der Waals surface area contributed by atoms with Gasteiger partial charge in [-0.1, -0.05) is 54.3 Å². The van der Waals surface area contributed by atoms with Crippen molar-refractivity contribution >= 4 is 46.3 Å². The van der Waals surface area contributed by atoms with Gasteiger partial charge in [-0.15, -0.1) is 0 Å². The zero-order valence-corrected chi connectivity index (χ0v) is 13.2. The second-order valence-electron chi connectivity index (χ2n) is 4.30. The van der Waals surface area contributed by atoms with Gasteiger partial charge >= 0.3 is 5.97 Å². The van der Waals surface area contributed by atoms with Crippen LogP contribution in [-0.4, -0.2) is 34.2 Å². The van der Waals surface area contributed by atoms with E-state index >= 15 is 0 Å². The molecular weight excluding hydrogens is 306 g/mol. The summed E-state index contributed by atoms with van der Waals surface area (Å²) in [6, 6.07) is 9.58. The highest BCUT2D eigenvalue weighted by molar-refractivity contribution is 8.26. The van der Waals surface area contributed by atoms with Crippen molar-refractivity contribution in [2.45, 2.75) is 13.3 Å². The van der Waals surface area contributed by atoms with Crippen molar-refractivity contribution in [1.82, 2.24) is 4.90 Å². The number of amides is 1. The van der Waals surface area contributed by atoms with Crippen LogP contribution in [0.3, 0.4) is 0 Å². The van der Waals surface area contributed by atoms with Crippen LogP contribution < -0.4 is 0 Å². The highest BCUT2D eigenvalue weighted by atomic mass is 32.2. The number of ether oxygens (including phenoxy) is 1. The molecule has 1 aromatic rings. The maximum atomic E-state index is 12.3. The smallest absolute Gasteiger partial charge is 0.307 e. The Labute approximate surface area is 133 Å². The topological polar surface area (TPSA) is 46.6 Å². The van der Waals surface area contributed by atoms with Crippen molar-refractivity contribution in [2.75, 3.05) is 13.2 Å². The minimum atomic E-state index is -0.321. The summed E-state index contributed by atoms with van der Waals surface area (Å²) >= 11 is 6.46. The molecule has 0 N–H and O–H groups in total. The number of thiocarbonyl (C=S) groups is 1. The molecule has 0 atom stereocenters. The third kappa shape index (κ3) is 4.15. The molecule has 1 fully saturated rings. The van der Waals surface area contributed by atoms with Gasteiger partial charge in [0.1, 0.15) is 4.32 Å². The molecular formula is C15H15NO3S2. The molecule has 2 rings (SSSR count). The lowest BCUT2D eigenvalue weighted by molar-refractivity contribution is -0.143. The molecule has 1 aliphatic rings. The Morgan fingerprint density at radius 2 is 2.10 bits per heavy atom. The Balaban J connectivity index is 2.03. The zero-order valence-electron chi connectivity index (χ0n) is 11.6. The van der Waals surface area contributed by atoms with Crippen LogP contribution in [0.5, 0.6) is 0 Å². The number of rotatable bonds is 5. The predicted octanol–water partition coefficient (Wildman–Crippen LogP) is 2.84. The van der Waals surface area contributed by atoms with Gasteiger partial charge in [-0.25, -0.2) is 0 Å². The number of benzene rings is 1. The number of carbonyl (C=O) groups excluding carboxylic acids is 2. The minimum absolute atomic E-state index is 0.152. The molecule has 0 unspecified atom stereocenters. The van der Waals surface area contributed by atoms with Crippen LogP contribution in [0.1, 0.15) is 18.9 Å². The summed E-state index contributed by atoms with van der Waals surface area (Å²) in [6.07, 6.45) is 1.96. The van der Waals surface area contributed by atoms with E-state index in [-0.39, 0.29) is 24.8 Å². The van der Waals surface area contributed by atoms with Crippen molar-refractivity contribution < 1.29 is 14.3 Å². The van der Waals surface area contributed by atoms with Gasteiger partial charge in [-0.3, -0.25) is 14.5 Å². The van der Waals surface area contributed by atoms with Gasteiger partial charge in [0, 0.05) is 6.54 Å². The van der Waals surface area contributed by atoms with Crippen molar-refractivity contribution in [2.24, 2.45) is 0 Å². The average Bonchev–Trinajstić information content (AvgIpc) is 2.73. The SMILES string of the molecule is CCOC(=O)CCN1C(=O)/C(=C/c2ccccc2)SC1=S. The standard InChI is InChI=1S/C15H15NO3S2/c1-2-19-13(17)8-9-16-14(18)12(21-15(16)20)10-11-6-4-3-5-7-11/h3-7,10H,2,8-9H2,1H3/b12-10-. The van der Waals surface area contributed by atoms with E-state index in [1.165, 1.54) is 16.7 Å². The fourth-order valence-corrected chi connectivity index (χ4v) is 3.14. The third-order valence-electron chi connectivity index (χ3n) is 2.82. The highest BCUT2D eigenvalue weighted by Crippen LogP contribution is 2.32. The summed E-state index contributed by atoms with van der Waals surface area (Å²) in [4.78, 5) is 25.7. The normalized spacial score (nSPS) is 16.6. The van der Waals surface area contributed by atoms with Crippen LogP contribution in [0.15, 0.2) is 35.2 Å². The summed E-state index contributed by atoms with van der Waals surface area (Å²) in [5.74, 6) is -0.475. The molecule has 0 saturated carbocycles.